The number of hydrogen-bond acceptors (Lipinski definition) is 5. The first-order valence-corrected chi connectivity index (χ1v) is 8.20. The third-order valence-corrected chi connectivity index (χ3v) is 6.15. The SMILES string of the molecule is COC1CC(C)C(=O)C2(OB(O)c3cccs3)C1C2(C)C. The molecule has 2 fully saturated rings. The van der Waals surface area contributed by atoms with Crippen LogP contribution in [0.15, 0.2) is 17.5 Å². The lowest BCUT2D eigenvalue weighted by Gasteiger charge is -2.31. The lowest BCUT2D eigenvalue weighted by Crippen LogP contribution is -2.49. The molecule has 0 aromatic carbocycles. The third kappa shape index (κ3) is 1.96. The minimum absolute atomic E-state index is 0.00300. The molecule has 21 heavy (non-hydrogen) atoms. The molecule has 0 spiro atoms. The molecular formula is C15H21BO4S. The van der Waals surface area contributed by atoms with Crippen molar-refractivity contribution < 1.29 is 19.2 Å². The molecule has 6 heteroatoms. The minimum Gasteiger partial charge on any atom is -0.423 e. The van der Waals surface area contributed by atoms with Crippen LogP contribution in [0.4, 0.5) is 0 Å². The summed E-state index contributed by atoms with van der Waals surface area (Å²) in [5.41, 5.74) is -1.23. The van der Waals surface area contributed by atoms with Gasteiger partial charge in [-0.05, 0) is 11.8 Å². The molecule has 0 bridgehead atoms. The van der Waals surface area contributed by atoms with Crippen LogP contribution in [-0.4, -0.2) is 36.7 Å². The van der Waals surface area contributed by atoms with E-state index in [2.05, 4.69) is 0 Å². The van der Waals surface area contributed by atoms with Crippen LogP contribution in [0.2, 0.25) is 0 Å². The predicted molar refractivity (Wildman–Crippen MR) is 82.6 cm³/mol. The molecule has 0 radical (unpaired) electrons. The van der Waals surface area contributed by atoms with Crippen LogP contribution in [0.25, 0.3) is 0 Å². The van der Waals surface area contributed by atoms with Gasteiger partial charge in [-0.2, -0.15) is 11.3 Å². The molecule has 0 saturated heterocycles. The highest BCUT2D eigenvalue weighted by molar-refractivity contribution is 7.20. The molecule has 1 aromatic rings. The van der Waals surface area contributed by atoms with E-state index in [1.165, 1.54) is 11.3 Å². The van der Waals surface area contributed by atoms with Crippen molar-refractivity contribution in [3.63, 3.8) is 0 Å². The average Bonchev–Trinajstić information content (AvgIpc) is 2.85. The van der Waals surface area contributed by atoms with E-state index < -0.39 is 12.7 Å². The van der Waals surface area contributed by atoms with Crippen molar-refractivity contribution in [2.24, 2.45) is 17.3 Å². The normalized spacial score (nSPS) is 37.2. The maximum absolute atomic E-state index is 12.8. The lowest BCUT2D eigenvalue weighted by atomic mass is 9.81. The number of rotatable bonds is 4. The molecule has 4 unspecified atom stereocenters. The van der Waals surface area contributed by atoms with Crippen LogP contribution < -0.4 is 4.78 Å². The van der Waals surface area contributed by atoms with Crippen molar-refractivity contribution >= 4 is 29.0 Å². The van der Waals surface area contributed by atoms with E-state index in [0.29, 0.717) is 0 Å². The van der Waals surface area contributed by atoms with Crippen molar-refractivity contribution in [2.75, 3.05) is 7.11 Å². The van der Waals surface area contributed by atoms with Gasteiger partial charge in [-0.1, -0.05) is 32.9 Å². The second-order valence-corrected chi connectivity index (χ2v) is 7.68. The fraction of sp³-hybridized carbons (Fsp3) is 0.667. The molecule has 2 aliphatic carbocycles. The summed E-state index contributed by atoms with van der Waals surface area (Å²) in [7, 11) is 0.628. The van der Waals surface area contributed by atoms with Crippen molar-refractivity contribution in [3.8, 4) is 0 Å². The highest BCUT2D eigenvalue weighted by atomic mass is 32.1. The van der Waals surface area contributed by atoms with Gasteiger partial charge in [0.1, 0.15) is 5.60 Å². The topological polar surface area (TPSA) is 55.8 Å². The number of carbonyl (C=O) groups is 1. The number of ketones is 1. The Morgan fingerprint density at radius 1 is 1.48 bits per heavy atom. The van der Waals surface area contributed by atoms with Gasteiger partial charge in [-0.3, -0.25) is 4.79 Å². The molecule has 1 N–H and O–H groups in total. The van der Waals surface area contributed by atoms with Gasteiger partial charge in [0.2, 0.25) is 0 Å². The summed E-state index contributed by atoms with van der Waals surface area (Å²) < 4.78 is 12.3. The van der Waals surface area contributed by atoms with E-state index in [1.54, 1.807) is 7.11 Å². The first kappa shape index (κ1) is 15.2. The van der Waals surface area contributed by atoms with Crippen LogP contribution >= 0.6 is 11.3 Å². The quantitative estimate of drug-likeness (QED) is 0.856. The van der Waals surface area contributed by atoms with E-state index in [0.717, 1.165) is 11.2 Å². The summed E-state index contributed by atoms with van der Waals surface area (Å²) >= 11 is 1.43. The van der Waals surface area contributed by atoms with Gasteiger partial charge in [0.15, 0.2) is 5.78 Å². The predicted octanol–water partition coefficient (Wildman–Crippen LogP) is 1.47. The standard InChI is InChI=1S/C15H21BO4S/c1-9-8-10(19-4)12-14(2,3)15(12,13(9)17)20-16(18)11-6-5-7-21-11/h5-7,9-10,12,18H,8H2,1-4H3. The number of Topliss-reactive ketones (excluding diaryl/α,β-unsaturated/α-hetero) is 1. The number of carbonyl (C=O) groups excluding carboxylic acids is 1. The van der Waals surface area contributed by atoms with E-state index in [4.69, 9.17) is 9.39 Å². The van der Waals surface area contributed by atoms with Crippen molar-refractivity contribution in [3.05, 3.63) is 17.5 Å². The number of hydrogen-bond donors (Lipinski definition) is 1. The largest absolute Gasteiger partial charge is 0.502 e. The molecule has 0 amide bonds. The molecule has 1 heterocycles. The molecule has 114 valence electrons. The smallest absolute Gasteiger partial charge is 0.423 e. The Bertz CT molecular complexity index is 544. The van der Waals surface area contributed by atoms with Crippen molar-refractivity contribution in [1.82, 2.24) is 0 Å². The third-order valence-electron chi connectivity index (χ3n) is 5.25. The van der Waals surface area contributed by atoms with Gasteiger partial charge in [-0.15, -0.1) is 0 Å². The first-order chi connectivity index (χ1) is 9.86. The van der Waals surface area contributed by atoms with Crippen LogP contribution in [0.3, 0.4) is 0 Å². The second kappa shape index (κ2) is 4.91. The number of methoxy groups -OCH3 is 1. The fourth-order valence-electron chi connectivity index (χ4n) is 4.10. The van der Waals surface area contributed by atoms with Gasteiger partial charge >= 0.3 is 7.12 Å². The molecule has 1 aromatic heterocycles. The molecule has 4 atom stereocenters. The summed E-state index contributed by atoms with van der Waals surface area (Å²) in [4.78, 5) is 12.8. The molecule has 2 saturated carbocycles. The highest BCUT2D eigenvalue weighted by Crippen LogP contribution is 2.69. The van der Waals surface area contributed by atoms with Crippen molar-refractivity contribution in [1.29, 1.82) is 0 Å². The zero-order valence-corrected chi connectivity index (χ0v) is 13.6. The number of ether oxygens (including phenoxy) is 1. The molecule has 2 aliphatic rings. The summed E-state index contributed by atoms with van der Waals surface area (Å²) in [6, 6.07) is 3.68. The number of thiophene rings is 1. The van der Waals surface area contributed by atoms with Crippen LogP contribution in [0.5, 0.6) is 0 Å². The average molecular weight is 308 g/mol. The molecule has 0 aliphatic heterocycles. The van der Waals surface area contributed by atoms with Gasteiger partial charge < -0.3 is 14.4 Å². The van der Waals surface area contributed by atoms with E-state index in [1.807, 2.05) is 38.3 Å². The van der Waals surface area contributed by atoms with E-state index in [-0.39, 0.29) is 29.1 Å². The zero-order valence-electron chi connectivity index (χ0n) is 12.8. The van der Waals surface area contributed by atoms with Crippen LogP contribution in [0.1, 0.15) is 27.2 Å². The van der Waals surface area contributed by atoms with Gasteiger partial charge in [0.25, 0.3) is 0 Å². The van der Waals surface area contributed by atoms with Crippen molar-refractivity contribution in [2.45, 2.75) is 38.9 Å². The Balaban J connectivity index is 1.91. The summed E-state index contributed by atoms with van der Waals surface area (Å²) in [5, 5.41) is 12.2. The fourth-order valence-corrected chi connectivity index (χ4v) is 4.73. The monoisotopic (exact) mass is 308 g/mol. The molecular weight excluding hydrogens is 287 g/mol. The summed E-state index contributed by atoms with van der Waals surface area (Å²) in [5.74, 6) is -0.00164. The Morgan fingerprint density at radius 2 is 2.19 bits per heavy atom. The Labute approximate surface area is 129 Å². The maximum Gasteiger partial charge on any atom is 0.502 e. The van der Waals surface area contributed by atoms with E-state index in [9.17, 15) is 9.82 Å². The summed E-state index contributed by atoms with van der Waals surface area (Å²) in [6.07, 6.45) is 0.729. The van der Waals surface area contributed by atoms with E-state index >= 15 is 0 Å². The minimum atomic E-state index is -1.05. The summed E-state index contributed by atoms with van der Waals surface area (Å²) in [6.45, 7) is 5.98. The lowest BCUT2D eigenvalue weighted by molar-refractivity contribution is -0.140. The maximum atomic E-state index is 12.8. The van der Waals surface area contributed by atoms with Gasteiger partial charge in [0.05, 0.1) is 6.10 Å². The zero-order chi connectivity index (χ0) is 15.4. The Kier molecular flexibility index (Phi) is 3.56. The van der Waals surface area contributed by atoms with Crippen LogP contribution in [-0.2, 0) is 14.2 Å². The molecule has 3 rings (SSSR count). The van der Waals surface area contributed by atoms with Gasteiger partial charge in [0, 0.05) is 29.1 Å². The van der Waals surface area contributed by atoms with Gasteiger partial charge in [-0.25, -0.2) is 0 Å². The van der Waals surface area contributed by atoms with Crippen LogP contribution in [0, 0.1) is 17.3 Å². The molecule has 4 nitrogen and oxygen atoms in total. The first-order valence-electron chi connectivity index (χ1n) is 7.32. The second-order valence-electron chi connectivity index (χ2n) is 6.70. The highest BCUT2D eigenvalue weighted by Gasteiger charge is 2.81. The Morgan fingerprint density at radius 3 is 2.76 bits per heavy atom. The number of fused-ring (bicyclic) bond motifs is 1. The Hall–Kier alpha value is -0.685.